The number of nitrogens with zero attached hydrogens (tertiary/aromatic N) is 1. The maximum Gasteiger partial charge on any atom is 0.150 e. The Labute approximate surface area is 87.9 Å². The van der Waals surface area contributed by atoms with Gasteiger partial charge in [0.2, 0.25) is 0 Å². The number of aromatic nitrogens is 1. The van der Waals surface area contributed by atoms with Crippen LogP contribution >= 0.6 is 23.1 Å². The van der Waals surface area contributed by atoms with Crippen LogP contribution in [-0.2, 0) is 0 Å². The summed E-state index contributed by atoms with van der Waals surface area (Å²) >= 11 is 3.56. The van der Waals surface area contributed by atoms with Crippen LogP contribution in [0, 0.1) is 0 Å². The first-order chi connectivity index (χ1) is 6.22. The predicted molar refractivity (Wildman–Crippen MR) is 60.3 cm³/mol. The van der Waals surface area contributed by atoms with Gasteiger partial charge in [-0.3, -0.25) is 0 Å². The van der Waals surface area contributed by atoms with Gasteiger partial charge in [-0.1, -0.05) is 18.7 Å². The van der Waals surface area contributed by atoms with Crippen molar-refractivity contribution in [3.63, 3.8) is 0 Å². The Morgan fingerprint density at radius 2 is 2.46 bits per heavy atom. The molecule has 0 spiro atoms. The van der Waals surface area contributed by atoms with Crippen LogP contribution in [-0.4, -0.2) is 16.3 Å². The smallest absolute Gasteiger partial charge is 0.150 e. The summed E-state index contributed by atoms with van der Waals surface area (Å²) in [6, 6.07) is 0.289. The first kappa shape index (κ1) is 11.0. The van der Waals surface area contributed by atoms with E-state index >= 15 is 0 Å². The molecular formula is C9H16N2S2. The van der Waals surface area contributed by atoms with Crippen molar-refractivity contribution in [2.24, 2.45) is 5.73 Å². The van der Waals surface area contributed by atoms with E-state index in [4.69, 9.17) is 5.73 Å². The van der Waals surface area contributed by atoms with Gasteiger partial charge in [0.1, 0.15) is 4.34 Å². The number of thioether (sulfide) groups is 1. The number of hydrogen-bond acceptors (Lipinski definition) is 4. The lowest BCUT2D eigenvalue weighted by atomic mass is 10.1. The highest BCUT2D eigenvalue weighted by atomic mass is 32.2. The van der Waals surface area contributed by atoms with E-state index in [1.807, 2.05) is 23.3 Å². The van der Waals surface area contributed by atoms with Gasteiger partial charge in [-0.15, -0.1) is 11.3 Å². The Bertz CT molecular complexity index is 222. The van der Waals surface area contributed by atoms with Crippen molar-refractivity contribution < 1.29 is 0 Å². The minimum atomic E-state index is 0.289. The largest absolute Gasteiger partial charge is 0.328 e. The summed E-state index contributed by atoms with van der Waals surface area (Å²) in [6.07, 6.45) is 4.08. The summed E-state index contributed by atoms with van der Waals surface area (Å²) in [5, 5.41) is 2.63. The monoisotopic (exact) mass is 216 g/mol. The van der Waals surface area contributed by atoms with Gasteiger partial charge in [0.15, 0.2) is 0 Å². The molecule has 1 unspecified atom stereocenters. The molecule has 0 saturated carbocycles. The molecule has 13 heavy (non-hydrogen) atoms. The van der Waals surface area contributed by atoms with Crippen molar-refractivity contribution in [2.75, 3.05) is 0 Å². The molecule has 0 aliphatic heterocycles. The van der Waals surface area contributed by atoms with Gasteiger partial charge in [0, 0.05) is 22.9 Å². The normalized spacial score (nSPS) is 15.6. The lowest BCUT2D eigenvalue weighted by molar-refractivity contribution is 0.628. The van der Waals surface area contributed by atoms with Crippen molar-refractivity contribution in [1.82, 2.24) is 4.98 Å². The molecule has 1 aromatic heterocycles. The summed E-state index contributed by atoms with van der Waals surface area (Å²) < 4.78 is 1.16. The molecule has 1 aromatic rings. The molecule has 1 heterocycles. The van der Waals surface area contributed by atoms with E-state index in [2.05, 4.69) is 18.8 Å². The third-order valence-electron chi connectivity index (χ3n) is 1.77. The quantitative estimate of drug-likeness (QED) is 0.769. The molecule has 0 amide bonds. The molecule has 0 radical (unpaired) electrons. The van der Waals surface area contributed by atoms with Crippen LogP contribution in [0.2, 0.25) is 0 Å². The highest BCUT2D eigenvalue weighted by Gasteiger charge is 2.11. The number of hydrogen-bond donors (Lipinski definition) is 1. The SMILES string of the molecule is CC[C@H](CC(C)N)Sc1nccs1. The zero-order valence-corrected chi connectivity index (χ0v) is 9.70. The summed E-state index contributed by atoms with van der Waals surface area (Å²) in [6.45, 7) is 4.26. The Kier molecular flexibility index (Phi) is 4.77. The third kappa shape index (κ3) is 4.11. The summed E-state index contributed by atoms with van der Waals surface area (Å²) in [5.74, 6) is 0. The molecule has 0 aliphatic carbocycles. The van der Waals surface area contributed by atoms with Gasteiger partial charge < -0.3 is 5.73 Å². The minimum absolute atomic E-state index is 0.289. The van der Waals surface area contributed by atoms with Crippen LogP contribution in [0.3, 0.4) is 0 Å². The number of nitrogens with two attached hydrogens (primary N) is 1. The lowest BCUT2D eigenvalue weighted by Gasteiger charge is -2.14. The molecular weight excluding hydrogens is 200 g/mol. The van der Waals surface area contributed by atoms with E-state index < -0.39 is 0 Å². The van der Waals surface area contributed by atoms with E-state index in [-0.39, 0.29) is 6.04 Å². The van der Waals surface area contributed by atoms with Crippen LogP contribution in [0.5, 0.6) is 0 Å². The van der Waals surface area contributed by atoms with Crippen LogP contribution in [0.4, 0.5) is 0 Å². The number of thiazole rings is 1. The molecule has 4 heteroatoms. The van der Waals surface area contributed by atoms with Gasteiger partial charge in [0.05, 0.1) is 0 Å². The second-order valence-electron chi connectivity index (χ2n) is 3.16. The fourth-order valence-corrected chi connectivity index (χ4v) is 3.25. The van der Waals surface area contributed by atoms with E-state index in [0.717, 1.165) is 17.2 Å². The molecule has 0 fully saturated rings. The van der Waals surface area contributed by atoms with Gasteiger partial charge in [-0.2, -0.15) is 0 Å². The Morgan fingerprint density at radius 1 is 1.69 bits per heavy atom. The van der Waals surface area contributed by atoms with Crippen LogP contribution in [0.1, 0.15) is 26.7 Å². The Balaban J connectivity index is 2.40. The fourth-order valence-electron chi connectivity index (χ4n) is 1.12. The van der Waals surface area contributed by atoms with Gasteiger partial charge in [-0.05, 0) is 19.8 Å². The second-order valence-corrected chi connectivity index (χ2v) is 5.60. The van der Waals surface area contributed by atoms with Crippen LogP contribution in [0.25, 0.3) is 0 Å². The van der Waals surface area contributed by atoms with E-state index in [1.165, 1.54) is 0 Å². The molecule has 0 aromatic carbocycles. The van der Waals surface area contributed by atoms with E-state index in [0.29, 0.717) is 5.25 Å². The zero-order chi connectivity index (χ0) is 9.68. The molecule has 2 atom stereocenters. The fraction of sp³-hybridized carbons (Fsp3) is 0.667. The second kappa shape index (κ2) is 5.62. The lowest BCUT2D eigenvalue weighted by Crippen LogP contribution is -2.20. The first-order valence-corrected chi connectivity index (χ1v) is 6.30. The van der Waals surface area contributed by atoms with E-state index in [1.54, 1.807) is 11.3 Å². The molecule has 2 nitrogen and oxygen atoms in total. The molecule has 74 valence electrons. The molecule has 1 rings (SSSR count). The maximum atomic E-state index is 5.77. The molecule has 0 aliphatic rings. The number of rotatable bonds is 5. The van der Waals surface area contributed by atoms with Crippen molar-refractivity contribution in [2.45, 2.75) is 42.3 Å². The molecule has 0 bridgehead atoms. The zero-order valence-electron chi connectivity index (χ0n) is 8.06. The van der Waals surface area contributed by atoms with Crippen molar-refractivity contribution in [3.8, 4) is 0 Å². The molecule has 0 saturated heterocycles. The van der Waals surface area contributed by atoms with Crippen LogP contribution < -0.4 is 5.73 Å². The van der Waals surface area contributed by atoms with Crippen molar-refractivity contribution in [3.05, 3.63) is 11.6 Å². The van der Waals surface area contributed by atoms with Gasteiger partial charge in [-0.25, -0.2) is 4.98 Å². The standard InChI is InChI=1S/C9H16N2S2/c1-3-8(6-7(2)10)13-9-11-4-5-12-9/h4-5,7-8H,3,6,10H2,1-2H3/t7?,8-/m1/s1. The van der Waals surface area contributed by atoms with Crippen LogP contribution in [0.15, 0.2) is 15.9 Å². The Morgan fingerprint density at radius 3 is 2.92 bits per heavy atom. The minimum Gasteiger partial charge on any atom is -0.328 e. The maximum absolute atomic E-state index is 5.77. The van der Waals surface area contributed by atoms with Gasteiger partial charge >= 0.3 is 0 Å². The average Bonchev–Trinajstić information content (AvgIpc) is 2.55. The highest BCUT2D eigenvalue weighted by Crippen LogP contribution is 2.29. The Hall–Kier alpha value is -0.0600. The predicted octanol–water partition coefficient (Wildman–Crippen LogP) is 2.75. The van der Waals surface area contributed by atoms with E-state index in [9.17, 15) is 0 Å². The summed E-state index contributed by atoms with van der Waals surface area (Å²) in [5.41, 5.74) is 5.77. The average molecular weight is 216 g/mol. The first-order valence-electron chi connectivity index (χ1n) is 4.54. The highest BCUT2D eigenvalue weighted by molar-refractivity contribution is 8.01. The van der Waals surface area contributed by atoms with Crippen molar-refractivity contribution in [1.29, 1.82) is 0 Å². The molecule has 2 N–H and O–H groups in total. The van der Waals surface area contributed by atoms with Gasteiger partial charge in [0.25, 0.3) is 0 Å². The third-order valence-corrected chi connectivity index (χ3v) is 4.08. The van der Waals surface area contributed by atoms with Crippen molar-refractivity contribution >= 4 is 23.1 Å². The summed E-state index contributed by atoms with van der Waals surface area (Å²) in [4.78, 5) is 4.25. The summed E-state index contributed by atoms with van der Waals surface area (Å²) in [7, 11) is 0. The topological polar surface area (TPSA) is 38.9 Å².